The molecule has 1 aromatic heterocycles. The van der Waals surface area contributed by atoms with Crippen molar-refractivity contribution in [1.82, 2.24) is 9.97 Å². The van der Waals surface area contributed by atoms with Gasteiger partial charge >= 0.3 is 0 Å². The molecule has 0 saturated heterocycles. The Morgan fingerprint density at radius 1 is 1.36 bits per heavy atom. The second-order valence-electron chi connectivity index (χ2n) is 3.08. The van der Waals surface area contributed by atoms with E-state index in [-0.39, 0.29) is 0 Å². The molecule has 0 aromatic carbocycles. The number of nitrogens with one attached hydrogen (secondary N) is 1. The van der Waals surface area contributed by atoms with Crippen LogP contribution < -0.4 is 5.32 Å². The molecule has 0 aliphatic rings. The van der Waals surface area contributed by atoms with E-state index >= 15 is 0 Å². The van der Waals surface area contributed by atoms with Crippen LogP contribution in [0.1, 0.15) is 26.2 Å². The van der Waals surface area contributed by atoms with Crippen LogP contribution >= 0.6 is 11.8 Å². The van der Waals surface area contributed by atoms with E-state index in [1.54, 1.807) is 18.1 Å². The SMILES string of the molecule is CCCCCNc1cc(SC)ncn1. The van der Waals surface area contributed by atoms with Gasteiger partial charge in [-0.2, -0.15) is 0 Å². The highest BCUT2D eigenvalue weighted by Gasteiger charge is 1.95. The molecule has 0 radical (unpaired) electrons. The molecular weight excluding hydrogens is 194 g/mol. The number of hydrogen-bond donors (Lipinski definition) is 1. The lowest BCUT2D eigenvalue weighted by atomic mass is 10.2. The molecule has 0 aliphatic carbocycles. The quantitative estimate of drug-likeness (QED) is 0.446. The molecule has 3 nitrogen and oxygen atoms in total. The maximum Gasteiger partial charge on any atom is 0.130 e. The molecule has 14 heavy (non-hydrogen) atoms. The summed E-state index contributed by atoms with van der Waals surface area (Å²) in [6.07, 6.45) is 7.35. The molecule has 1 rings (SSSR count). The Bertz CT molecular complexity index is 265. The molecule has 0 spiro atoms. The third-order valence-corrected chi connectivity index (χ3v) is 2.58. The topological polar surface area (TPSA) is 37.8 Å². The molecule has 78 valence electrons. The molecule has 4 heteroatoms. The van der Waals surface area contributed by atoms with Gasteiger partial charge in [-0.15, -0.1) is 11.8 Å². The predicted molar refractivity (Wildman–Crippen MR) is 61.8 cm³/mol. The van der Waals surface area contributed by atoms with Crippen LogP contribution in [0.4, 0.5) is 5.82 Å². The average molecular weight is 211 g/mol. The van der Waals surface area contributed by atoms with Gasteiger partial charge in [0.1, 0.15) is 17.2 Å². The summed E-state index contributed by atoms with van der Waals surface area (Å²) in [7, 11) is 0. The lowest BCUT2D eigenvalue weighted by Crippen LogP contribution is -2.03. The number of rotatable bonds is 6. The van der Waals surface area contributed by atoms with Gasteiger partial charge in [-0.1, -0.05) is 19.8 Å². The van der Waals surface area contributed by atoms with Crippen molar-refractivity contribution in [2.75, 3.05) is 18.1 Å². The van der Waals surface area contributed by atoms with Crippen LogP contribution in [0.3, 0.4) is 0 Å². The normalized spacial score (nSPS) is 10.1. The number of aromatic nitrogens is 2. The lowest BCUT2D eigenvalue weighted by Gasteiger charge is -2.04. The number of thioether (sulfide) groups is 1. The van der Waals surface area contributed by atoms with Crippen molar-refractivity contribution >= 4 is 17.6 Å². The Labute approximate surface area is 89.7 Å². The lowest BCUT2D eigenvalue weighted by molar-refractivity contribution is 0.741. The largest absolute Gasteiger partial charge is 0.370 e. The summed E-state index contributed by atoms with van der Waals surface area (Å²) >= 11 is 1.64. The van der Waals surface area contributed by atoms with E-state index in [1.807, 2.05) is 12.3 Å². The van der Waals surface area contributed by atoms with Crippen molar-refractivity contribution in [2.45, 2.75) is 31.2 Å². The van der Waals surface area contributed by atoms with Gasteiger partial charge in [-0.05, 0) is 12.7 Å². The van der Waals surface area contributed by atoms with Crippen LogP contribution in [0.25, 0.3) is 0 Å². The van der Waals surface area contributed by atoms with Gasteiger partial charge in [0.2, 0.25) is 0 Å². The summed E-state index contributed by atoms with van der Waals surface area (Å²) in [4.78, 5) is 8.26. The van der Waals surface area contributed by atoms with Crippen molar-refractivity contribution < 1.29 is 0 Å². The zero-order chi connectivity index (χ0) is 10.2. The molecule has 0 amide bonds. The molecule has 1 aromatic rings. The molecule has 1 N–H and O–H groups in total. The standard InChI is InChI=1S/C10H17N3S/c1-3-4-5-6-11-9-7-10(14-2)13-8-12-9/h7-8H,3-6H2,1-2H3,(H,11,12,13). The van der Waals surface area contributed by atoms with Crippen molar-refractivity contribution in [1.29, 1.82) is 0 Å². The Hall–Kier alpha value is -0.770. The summed E-state index contributed by atoms with van der Waals surface area (Å²) in [5.41, 5.74) is 0. The summed E-state index contributed by atoms with van der Waals surface area (Å²) in [5, 5.41) is 4.30. The van der Waals surface area contributed by atoms with Crippen molar-refractivity contribution in [3.8, 4) is 0 Å². The van der Waals surface area contributed by atoms with E-state index in [4.69, 9.17) is 0 Å². The van der Waals surface area contributed by atoms with E-state index in [1.165, 1.54) is 19.3 Å². The fourth-order valence-corrected chi connectivity index (χ4v) is 1.52. The highest BCUT2D eigenvalue weighted by atomic mass is 32.2. The van der Waals surface area contributed by atoms with Crippen LogP contribution in [0.5, 0.6) is 0 Å². The molecule has 1 heterocycles. The summed E-state index contributed by atoms with van der Waals surface area (Å²) in [6, 6.07) is 1.98. The number of unbranched alkanes of at least 4 members (excludes halogenated alkanes) is 2. The van der Waals surface area contributed by atoms with Gasteiger partial charge in [-0.3, -0.25) is 0 Å². The smallest absolute Gasteiger partial charge is 0.130 e. The fraction of sp³-hybridized carbons (Fsp3) is 0.600. The van der Waals surface area contributed by atoms with Crippen molar-refractivity contribution in [2.24, 2.45) is 0 Å². The molecular formula is C10H17N3S. The van der Waals surface area contributed by atoms with E-state index < -0.39 is 0 Å². The van der Waals surface area contributed by atoms with E-state index in [0.29, 0.717) is 0 Å². The molecule has 0 atom stereocenters. The van der Waals surface area contributed by atoms with Gasteiger partial charge < -0.3 is 5.32 Å². The van der Waals surface area contributed by atoms with E-state index in [2.05, 4.69) is 22.2 Å². The maximum atomic E-state index is 4.15. The Kier molecular flexibility index (Phi) is 5.37. The van der Waals surface area contributed by atoms with Gasteiger partial charge in [0, 0.05) is 12.6 Å². The van der Waals surface area contributed by atoms with Crippen molar-refractivity contribution in [3.63, 3.8) is 0 Å². The minimum absolute atomic E-state index is 0.931. The Morgan fingerprint density at radius 2 is 2.21 bits per heavy atom. The monoisotopic (exact) mass is 211 g/mol. The molecule has 0 aliphatic heterocycles. The van der Waals surface area contributed by atoms with Crippen LogP contribution in [0.15, 0.2) is 17.4 Å². The number of hydrogen-bond acceptors (Lipinski definition) is 4. The first kappa shape index (κ1) is 11.3. The highest BCUT2D eigenvalue weighted by Crippen LogP contribution is 2.13. The molecule has 0 bridgehead atoms. The third-order valence-electron chi connectivity index (χ3n) is 1.94. The zero-order valence-electron chi connectivity index (χ0n) is 8.79. The average Bonchev–Trinajstić information content (AvgIpc) is 2.25. The maximum absolute atomic E-state index is 4.15. The van der Waals surface area contributed by atoms with Crippen LogP contribution in [-0.4, -0.2) is 22.8 Å². The summed E-state index contributed by atoms with van der Waals surface area (Å²) in [6.45, 7) is 3.20. The van der Waals surface area contributed by atoms with Gasteiger partial charge in [0.25, 0.3) is 0 Å². The minimum atomic E-state index is 0.931. The van der Waals surface area contributed by atoms with Crippen LogP contribution in [0, 0.1) is 0 Å². The first-order valence-electron chi connectivity index (χ1n) is 4.96. The zero-order valence-corrected chi connectivity index (χ0v) is 9.60. The second-order valence-corrected chi connectivity index (χ2v) is 3.91. The van der Waals surface area contributed by atoms with Crippen LogP contribution in [-0.2, 0) is 0 Å². The van der Waals surface area contributed by atoms with Gasteiger partial charge in [0.05, 0.1) is 0 Å². The van der Waals surface area contributed by atoms with Crippen molar-refractivity contribution in [3.05, 3.63) is 12.4 Å². The van der Waals surface area contributed by atoms with Gasteiger partial charge in [0.15, 0.2) is 0 Å². The summed E-state index contributed by atoms with van der Waals surface area (Å²) in [5.74, 6) is 0.931. The highest BCUT2D eigenvalue weighted by molar-refractivity contribution is 7.98. The Balaban J connectivity index is 2.34. The molecule has 0 fully saturated rings. The molecule has 0 saturated carbocycles. The summed E-state index contributed by atoms with van der Waals surface area (Å²) < 4.78 is 0. The van der Waals surface area contributed by atoms with Gasteiger partial charge in [-0.25, -0.2) is 9.97 Å². The Morgan fingerprint density at radius 3 is 2.93 bits per heavy atom. The third kappa shape index (κ3) is 3.96. The second kappa shape index (κ2) is 6.65. The number of nitrogens with zero attached hydrogens (tertiary/aromatic N) is 2. The first-order valence-corrected chi connectivity index (χ1v) is 6.19. The predicted octanol–water partition coefficient (Wildman–Crippen LogP) is 2.80. The fourth-order valence-electron chi connectivity index (χ4n) is 1.14. The van der Waals surface area contributed by atoms with Crippen LogP contribution in [0.2, 0.25) is 0 Å². The first-order chi connectivity index (χ1) is 6.86. The number of anilines is 1. The van der Waals surface area contributed by atoms with E-state index in [0.717, 1.165) is 17.4 Å². The van der Waals surface area contributed by atoms with E-state index in [9.17, 15) is 0 Å². The minimum Gasteiger partial charge on any atom is -0.370 e. The molecule has 0 unspecified atom stereocenters.